The molecule has 8 heteroatoms. The molecule has 0 radical (unpaired) electrons. The lowest BCUT2D eigenvalue weighted by Crippen LogP contribution is -2.45. The molecule has 2 aliphatic rings. The van der Waals surface area contributed by atoms with Crippen molar-refractivity contribution in [3.63, 3.8) is 0 Å². The first-order valence-corrected chi connectivity index (χ1v) is 8.77. The van der Waals surface area contributed by atoms with Crippen LogP contribution in [-0.2, 0) is 9.53 Å². The van der Waals surface area contributed by atoms with E-state index in [1.807, 2.05) is 19.9 Å². The molecule has 2 aromatic heterocycles. The highest BCUT2D eigenvalue weighted by Gasteiger charge is 2.55. The average molecular weight is 358 g/mol. The minimum absolute atomic E-state index is 0.184. The van der Waals surface area contributed by atoms with E-state index >= 15 is 0 Å². The zero-order valence-corrected chi connectivity index (χ0v) is 15.2. The second-order valence-electron chi connectivity index (χ2n) is 7.40. The van der Waals surface area contributed by atoms with E-state index < -0.39 is 11.4 Å². The number of aromatic nitrogens is 3. The summed E-state index contributed by atoms with van der Waals surface area (Å²) >= 11 is 0. The summed E-state index contributed by atoms with van der Waals surface area (Å²) in [5, 5.41) is 14.3. The Morgan fingerprint density at radius 2 is 2.12 bits per heavy atom. The summed E-state index contributed by atoms with van der Waals surface area (Å²) in [7, 11) is 0. The smallest absolute Gasteiger partial charge is 0.311 e. The summed E-state index contributed by atoms with van der Waals surface area (Å²) in [4.78, 5) is 31.4. The largest absolute Gasteiger partial charge is 0.481 e. The first-order chi connectivity index (χ1) is 12.3. The number of rotatable bonds is 2. The van der Waals surface area contributed by atoms with Crippen LogP contribution < -0.4 is 0 Å². The van der Waals surface area contributed by atoms with E-state index in [2.05, 4.69) is 10.1 Å². The second kappa shape index (κ2) is 5.77. The Kier molecular flexibility index (Phi) is 3.76. The van der Waals surface area contributed by atoms with Crippen molar-refractivity contribution in [2.45, 2.75) is 27.2 Å². The highest BCUT2D eigenvalue weighted by molar-refractivity contribution is 6.01. The molecule has 2 aromatic rings. The summed E-state index contributed by atoms with van der Waals surface area (Å²) in [6, 6.07) is 1.91. The van der Waals surface area contributed by atoms with E-state index in [-0.39, 0.29) is 18.4 Å². The zero-order valence-electron chi connectivity index (χ0n) is 15.2. The molecule has 0 unspecified atom stereocenters. The van der Waals surface area contributed by atoms with Gasteiger partial charge in [-0.05, 0) is 33.3 Å². The van der Waals surface area contributed by atoms with Gasteiger partial charge in [-0.25, -0.2) is 9.50 Å². The average Bonchev–Trinajstić information content (AvgIpc) is 3.13. The number of nitrogens with zero attached hydrogens (tertiary/aromatic N) is 4. The number of carboxylic acid groups (broad SMARTS) is 1. The van der Waals surface area contributed by atoms with Crippen LogP contribution in [-0.4, -0.2) is 62.8 Å². The van der Waals surface area contributed by atoms with Gasteiger partial charge in [0.2, 0.25) is 0 Å². The normalized spacial score (nSPS) is 25.5. The molecular weight excluding hydrogens is 336 g/mol. The maximum atomic E-state index is 13.3. The molecule has 0 saturated carbocycles. The molecule has 0 aliphatic carbocycles. The third kappa shape index (κ3) is 2.32. The number of carbonyl (C=O) groups excluding carboxylic acids is 1. The molecule has 0 aromatic carbocycles. The zero-order chi connectivity index (χ0) is 18.6. The highest BCUT2D eigenvalue weighted by atomic mass is 16.5. The van der Waals surface area contributed by atoms with Gasteiger partial charge < -0.3 is 14.7 Å². The molecule has 2 saturated heterocycles. The number of ether oxygens (including phenoxy) is 1. The van der Waals surface area contributed by atoms with Crippen molar-refractivity contribution in [3.05, 3.63) is 28.7 Å². The van der Waals surface area contributed by atoms with Gasteiger partial charge >= 0.3 is 5.97 Å². The molecule has 1 N–H and O–H groups in total. The maximum Gasteiger partial charge on any atom is 0.311 e. The number of fused-ring (bicyclic) bond motifs is 2. The molecular formula is C18H22N4O4. The molecule has 2 aliphatic heterocycles. The van der Waals surface area contributed by atoms with E-state index in [0.29, 0.717) is 43.1 Å². The number of carbonyl (C=O) groups is 2. The summed E-state index contributed by atoms with van der Waals surface area (Å²) in [5.41, 5.74) is 2.39. The van der Waals surface area contributed by atoms with Crippen LogP contribution in [0.5, 0.6) is 0 Å². The van der Waals surface area contributed by atoms with Gasteiger partial charge in [-0.1, -0.05) is 0 Å². The Morgan fingerprint density at radius 1 is 1.35 bits per heavy atom. The lowest BCUT2D eigenvalue weighted by atomic mass is 9.74. The molecule has 8 nitrogen and oxygen atoms in total. The Morgan fingerprint density at radius 3 is 2.81 bits per heavy atom. The summed E-state index contributed by atoms with van der Waals surface area (Å²) in [6.45, 7) is 6.97. The number of hydrogen-bond acceptors (Lipinski definition) is 5. The van der Waals surface area contributed by atoms with Crippen LogP contribution in [0.4, 0.5) is 0 Å². The number of aryl methyl sites for hydroxylation is 3. The molecule has 4 heterocycles. The molecule has 0 spiro atoms. The number of likely N-dealkylation sites (tertiary alicyclic amines) is 1. The fraction of sp³-hybridized carbons (Fsp3) is 0.556. The fourth-order valence-electron chi connectivity index (χ4n) is 4.29. The van der Waals surface area contributed by atoms with E-state index in [1.165, 1.54) is 0 Å². The van der Waals surface area contributed by atoms with E-state index in [4.69, 9.17) is 4.74 Å². The van der Waals surface area contributed by atoms with Crippen LogP contribution >= 0.6 is 0 Å². The topological polar surface area (TPSA) is 97.0 Å². The number of amides is 1. The first kappa shape index (κ1) is 17.0. The lowest BCUT2D eigenvalue weighted by Gasteiger charge is -2.33. The van der Waals surface area contributed by atoms with Crippen LogP contribution in [0.2, 0.25) is 0 Å². The Balaban J connectivity index is 1.74. The Bertz CT molecular complexity index is 922. The fourth-order valence-corrected chi connectivity index (χ4v) is 4.29. The van der Waals surface area contributed by atoms with Crippen molar-refractivity contribution in [2.75, 3.05) is 26.3 Å². The van der Waals surface area contributed by atoms with E-state index in [1.54, 1.807) is 16.3 Å². The van der Waals surface area contributed by atoms with Gasteiger partial charge in [0.05, 0.1) is 17.7 Å². The van der Waals surface area contributed by atoms with Crippen molar-refractivity contribution in [3.8, 4) is 0 Å². The molecule has 4 rings (SSSR count). The SMILES string of the molecule is Cc1cc(C)n2nc(C)c(C(=O)N3C[C@H]4COCC[C@@]4(C(=O)O)C3)c2n1. The van der Waals surface area contributed by atoms with Crippen molar-refractivity contribution in [1.29, 1.82) is 0 Å². The second-order valence-corrected chi connectivity index (χ2v) is 7.40. The number of aliphatic carboxylic acids is 1. The monoisotopic (exact) mass is 358 g/mol. The van der Waals surface area contributed by atoms with E-state index in [9.17, 15) is 14.7 Å². The van der Waals surface area contributed by atoms with Crippen LogP contribution in [0, 0.1) is 32.1 Å². The van der Waals surface area contributed by atoms with Crippen molar-refractivity contribution in [2.24, 2.45) is 11.3 Å². The van der Waals surface area contributed by atoms with Gasteiger partial charge in [-0.2, -0.15) is 5.10 Å². The highest BCUT2D eigenvalue weighted by Crippen LogP contribution is 2.43. The molecule has 2 fully saturated rings. The van der Waals surface area contributed by atoms with E-state index in [0.717, 1.165) is 11.4 Å². The van der Waals surface area contributed by atoms with Crippen molar-refractivity contribution < 1.29 is 19.4 Å². The third-order valence-corrected chi connectivity index (χ3v) is 5.70. The molecule has 26 heavy (non-hydrogen) atoms. The maximum absolute atomic E-state index is 13.3. The predicted molar refractivity (Wildman–Crippen MR) is 92.1 cm³/mol. The van der Waals surface area contributed by atoms with Crippen LogP contribution in [0.3, 0.4) is 0 Å². The van der Waals surface area contributed by atoms with Crippen LogP contribution in [0.15, 0.2) is 6.07 Å². The summed E-state index contributed by atoms with van der Waals surface area (Å²) < 4.78 is 7.15. The van der Waals surface area contributed by atoms with Crippen LogP contribution in [0.25, 0.3) is 5.65 Å². The first-order valence-electron chi connectivity index (χ1n) is 8.77. The molecule has 1 amide bonds. The minimum atomic E-state index is -0.913. The number of hydrogen-bond donors (Lipinski definition) is 1. The molecule has 138 valence electrons. The van der Waals surface area contributed by atoms with Gasteiger partial charge in [0.1, 0.15) is 5.56 Å². The Hall–Kier alpha value is -2.48. The molecule has 0 bridgehead atoms. The van der Waals surface area contributed by atoms with Crippen LogP contribution in [0.1, 0.15) is 33.9 Å². The summed E-state index contributed by atoms with van der Waals surface area (Å²) in [6.07, 6.45) is 0.432. The van der Waals surface area contributed by atoms with Gasteiger partial charge in [0.25, 0.3) is 5.91 Å². The van der Waals surface area contributed by atoms with Crippen molar-refractivity contribution in [1.82, 2.24) is 19.5 Å². The van der Waals surface area contributed by atoms with Gasteiger partial charge in [0, 0.05) is 37.0 Å². The lowest BCUT2D eigenvalue weighted by molar-refractivity contribution is -0.157. The Labute approximate surface area is 150 Å². The third-order valence-electron chi connectivity index (χ3n) is 5.70. The standard InChI is InChI=1S/C18H22N4O4/c1-10-6-11(2)22-15(19-10)14(12(3)20-22)16(23)21-7-13-8-26-5-4-18(13,9-21)17(24)25/h6,13H,4-5,7-9H2,1-3H3,(H,24,25)/t13-,18+/m0/s1. The number of carboxylic acids is 1. The predicted octanol–water partition coefficient (Wildman–Crippen LogP) is 1.22. The van der Waals surface area contributed by atoms with Gasteiger partial charge in [-0.15, -0.1) is 0 Å². The quantitative estimate of drug-likeness (QED) is 0.867. The van der Waals surface area contributed by atoms with Gasteiger partial charge in [-0.3, -0.25) is 9.59 Å². The summed E-state index contributed by atoms with van der Waals surface area (Å²) in [5.74, 6) is -1.23. The van der Waals surface area contributed by atoms with Gasteiger partial charge in [0.15, 0.2) is 5.65 Å². The molecule has 2 atom stereocenters. The minimum Gasteiger partial charge on any atom is -0.481 e. The van der Waals surface area contributed by atoms with Crippen molar-refractivity contribution >= 4 is 17.5 Å².